The van der Waals surface area contributed by atoms with E-state index in [1.54, 1.807) is 35.2 Å². The van der Waals surface area contributed by atoms with E-state index in [2.05, 4.69) is 10.2 Å². The minimum absolute atomic E-state index is 0.141. The van der Waals surface area contributed by atoms with Gasteiger partial charge in [0, 0.05) is 30.9 Å². The number of hydrogen-bond acceptors (Lipinski definition) is 6. The van der Waals surface area contributed by atoms with E-state index in [1.165, 1.54) is 12.1 Å². The van der Waals surface area contributed by atoms with Gasteiger partial charge in [0.2, 0.25) is 0 Å². The molecule has 1 atom stereocenters. The molecule has 1 N–H and O–H groups in total. The molecule has 0 fully saturated rings. The molecule has 224 valence electrons. The van der Waals surface area contributed by atoms with Crippen LogP contribution in [-0.2, 0) is 17.9 Å². The average molecular weight is 599 g/mol. The first kappa shape index (κ1) is 29.1. The maximum absolute atomic E-state index is 14.2. The third-order valence-corrected chi connectivity index (χ3v) is 7.58. The number of nitrogens with zero attached hydrogens (tertiary/aromatic N) is 3. The highest BCUT2D eigenvalue weighted by Crippen LogP contribution is 2.42. The van der Waals surface area contributed by atoms with E-state index >= 15 is 0 Å². The zero-order chi connectivity index (χ0) is 31.2. The van der Waals surface area contributed by atoms with Crippen LogP contribution >= 0.6 is 0 Å². The van der Waals surface area contributed by atoms with Crippen LogP contribution in [0, 0.1) is 10.1 Å². The summed E-state index contributed by atoms with van der Waals surface area (Å²) in [5.74, 6) is -0.0777. The number of ether oxygens (including phenoxy) is 1. The molecule has 0 unspecified atom stereocenters. The Bertz CT molecular complexity index is 1800. The highest BCUT2D eigenvalue weighted by atomic mass is 16.6. The second-order valence-electron chi connectivity index (χ2n) is 10.6. The van der Waals surface area contributed by atoms with Crippen molar-refractivity contribution < 1.29 is 19.2 Å². The van der Waals surface area contributed by atoms with Crippen molar-refractivity contribution in [2.45, 2.75) is 19.3 Å². The summed E-state index contributed by atoms with van der Waals surface area (Å²) in [6.07, 6.45) is -0.540. The van der Waals surface area contributed by atoms with Crippen molar-refractivity contribution in [2.75, 3.05) is 16.8 Å². The molecular weight excluding hydrogens is 568 g/mol. The number of fused-ring (bicyclic) bond motifs is 1. The van der Waals surface area contributed by atoms with Crippen LogP contribution in [-0.4, -0.2) is 28.2 Å². The van der Waals surface area contributed by atoms with Gasteiger partial charge in [0.1, 0.15) is 11.9 Å². The quantitative estimate of drug-likeness (QED) is 0.137. The Kier molecular flexibility index (Phi) is 8.50. The summed E-state index contributed by atoms with van der Waals surface area (Å²) in [5, 5.41) is 14.5. The van der Waals surface area contributed by atoms with E-state index in [4.69, 9.17) is 4.74 Å². The van der Waals surface area contributed by atoms with E-state index in [-0.39, 0.29) is 36.2 Å². The summed E-state index contributed by atoms with van der Waals surface area (Å²) < 4.78 is 5.77. The lowest BCUT2D eigenvalue weighted by atomic mass is 9.98. The van der Waals surface area contributed by atoms with Gasteiger partial charge in [0.25, 0.3) is 17.5 Å². The summed E-state index contributed by atoms with van der Waals surface area (Å²) in [6, 6.07) is 40.5. The van der Waals surface area contributed by atoms with Crippen molar-refractivity contribution in [3.8, 4) is 5.75 Å². The SMILES string of the molecule is O=C(COc1ccc([C@@H]2N(Cc3ccccc3)C(=O)c3cc([N+](=O)[O-])ccc3N2Cc2ccccc2)cc1)Nc1ccccc1. The summed E-state index contributed by atoms with van der Waals surface area (Å²) >= 11 is 0. The molecule has 6 rings (SSSR count). The Balaban J connectivity index is 1.34. The third kappa shape index (κ3) is 6.67. The second-order valence-corrected chi connectivity index (χ2v) is 10.6. The first-order chi connectivity index (χ1) is 22.0. The number of carbonyl (C=O) groups is 2. The van der Waals surface area contributed by atoms with Crippen molar-refractivity contribution in [2.24, 2.45) is 0 Å². The lowest BCUT2D eigenvalue weighted by molar-refractivity contribution is -0.384. The topological polar surface area (TPSA) is 105 Å². The van der Waals surface area contributed by atoms with E-state index in [1.807, 2.05) is 91.0 Å². The van der Waals surface area contributed by atoms with Crippen molar-refractivity contribution in [3.63, 3.8) is 0 Å². The molecule has 0 aromatic heterocycles. The zero-order valence-electron chi connectivity index (χ0n) is 24.3. The molecular formula is C36H30N4O5. The minimum Gasteiger partial charge on any atom is -0.484 e. The minimum atomic E-state index is -0.540. The van der Waals surface area contributed by atoms with Gasteiger partial charge >= 0.3 is 0 Å². The van der Waals surface area contributed by atoms with Crippen molar-refractivity contribution in [1.82, 2.24) is 4.90 Å². The Morgan fingerprint density at radius 2 is 1.33 bits per heavy atom. The van der Waals surface area contributed by atoms with Gasteiger partial charge < -0.3 is 19.9 Å². The molecule has 1 heterocycles. The molecule has 2 amide bonds. The number of amides is 2. The van der Waals surface area contributed by atoms with Crippen LogP contribution in [0.5, 0.6) is 5.75 Å². The van der Waals surface area contributed by atoms with Gasteiger partial charge in [0.15, 0.2) is 6.61 Å². The van der Waals surface area contributed by atoms with Crippen LogP contribution in [0.3, 0.4) is 0 Å². The smallest absolute Gasteiger partial charge is 0.270 e. The van der Waals surface area contributed by atoms with Crippen LogP contribution in [0.2, 0.25) is 0 Å². The lowest BCUT2D eigenvalue weighted by Gasteiger charge is -2.46. The van der Waals surface area contributed by atoms with Crippen LogP contribution in [0.4, 0.5) is 17.1 Å². The van der Waals surface area contributed by atoms with Gasteiger partial charge in [-0.05, 0) is 47.0 Å². The number of anilines is 2. The van der Waals surface area contributed by atoms with Gasteiger partial charge in [-0.1, -0.05) is 91.0 Å². The molecule has 0 saturated heterocycles. The molecule has 0 bridgehead atoms. The van der Waals surface area contributed by atoms with Crippen LogP contribution in [0.1, 0.15) is 33.2 Å². The van der Waals surface area contributed by atoms with E-state index in [9.17, 15) is 19.7 Å². The maximum Gasteiger partial charge on any atom is 0.270 e. The Hall–Kier alpha value is -5.96. The summed E-state index contributed by atoms with van der Waals surface area (Å²) in [5.41, 5.74) is 4.20. The first-order valence-corrected chi connectivity index (χ1v) is 14.5. The van der Waals surface area contributed by atoms with Gasteiger partial charge in [-0.3, -0.25) is 19.7 Å². The zero-order valence-corrected chi connectivity index (χ0v) is 24.3. The fourth-order valence-electron chi connectivity index (χ4n) is 5.48. The third-order valence-electron chi connectivity index (χ3n) is 7.58. The van der Waals surface area contributed by atoms with E-state index in [0.29, 0.717) is 23.7 Å². The van der Waals surface area contributed by atoms with Crippen LogP contribution in [0.25, 0.3) is 0 Å². The number of hydrogen-bond donors (Lipinski definition) is 1. The molecule has 5 aromatic rings. The Labute approximate surface area is 260 Å². The second kappa shape index (κ2) is 13.1. The molecule has 1 aliphatic heterocycles. The molecule has 0 radical (unpaired) electrons. The maximum atomic E-state index is 14.2. The lowest BCUT2D eigenvalue weighted by Crippen LogP contribution is -2.48. The normalized spacial score (nSPS) is 14.0. The van der Waals surface area contributed by atoms with Crippen molar-refractivity contribution >= 4 is 28.9 Å². The molecule has 5 aromatic carbocycles. The average Bonchev–Trinajstić information content (AvgIpc) is 3.07. The molecule has 0 aliphatic carbocycles. The summed E-state index contributed by atoms with van der Waals surface area (Å²) in [6.45, 7) is 0.574. The monoisotopic (exact) mass is 598 g/mol. The van der Waals surface area contributed by atoms with E-state index < -0.39 is 11.1 Å². The molecule has 1 aliphatic rings. The highest BCUT2D eigenvalue weighted by molar-refractivity contribution is 6.02. The predicted octanol–water partition coefficient (Wildman–Crippen LogP) is 6.97. The number of rotatable bonds is 10. The standard InChI is InChI=1S/C36H30N4O5/c41-34(37-29-14-8-3-9-15-29)25-45-31-19-16-28(17-20-31)35-38(23-26-10-4-1-5-11-26)33-21-18-30(40(43)44)22-32(33)36(42)39(35)24-27-12-6-2-7-13-27/h1-22,35H,23-25H2,(H,37,41)/t35-/m0/s1. The summed E-state index contributed by atoms with van der Waals surface area (Å²) in [7, 11) is 0. The van der Waals surface area contributed by atoms with Crippen LogP contribution < -0.4 is 15.0 Å². The predicted molar refractivity (Wildman–Crippen MR) is 172 cm³/mol. The Morgan fingerprint density at radius 1 is 0.756 bits per heavy atom. The number of carbonyl (C=O) groups excluding carboxylic acids is 2. The largest absolute Gasteiger partial charge is 0.484 e. The van der Waals surface area contributed by atoms with Crippen molar-refractivity contribution in [1.29, 1.82) is 0 Å². The highest BCUT2D eigenvalue weighted by Gasteiger charge is 2.39. The number of nitrogens with one attached hydrogen (secondary N) is 1. The molecule has 0 saturated carbocycles. The molecule has 9 nitrogen and oxygen atoms in total. The number of non-ortho nitro benzene ring substituents is 1. The van der Waals surface area contributed by atoms with Gasteiger partial charge in [-0.2, -0.15) is 0 Å². The fraction of sp³-hybridized carbons (Fsp3) is 0.111. The molecule has 9 heteroatoms. The van der Waals surface area contributed by atoms with Gasteiger partial charge in [-0.15, -0.1) is 0 Å². The first-order valence-electron chi connectivity index (χ1n) is 14.5. The number of benzene rings is 5. The number of nitro benzene ring substituents is 1. The molecule has 45 heavy (non-hydrogen) atoms. The van der Waals surface area contributed by atoms with Gasteiger partial charge in [-0.25, -0.2) is 0 Å². The van der Waals surface area contributed by atoms with Crippen molar-refractivity contribution in [3.05, 3.63) is 166 Å². The number of para-hydroxylation sites is 1. The molecule has 0 spiro atoms. The van der Waals surface area contributed by atoms with Crippen LogP contribution in [0.15, 0.2) is 133 Å². The number of nitro groups is 1. The van der Waals surface area contributed by atoms with E-state index in [0.717, 1.165) is 16.7 Å². The Morgan fingerprint density at radius 3 is 1.93 bits per heavy atom. The summed E-state index contributed by atoms with van der Waals surface area (Å²) in [4.78, 5) is 41.6. The van der Waals surface area contributed by atoms with Gasteiger partial charge in [0.05, 0.1) is 16.2 Å². The fourth-order valence-corrected chi connectivity index (χ4v) is 5.48.